The van der Waals surface area contributed by atoms with E-state index in [1.165, 1.54) is 6.07 Å². The molecule has 0 spiro atoms. The standard InChI is InChI=1S/C14H11Cl2FN2S/c1-8-7-9(5-6-10(8)15)18-14(20)19-12-4-2-3-11(16)13(12)17/h2-7H,1H3,(H2,18,19,20). The van der Waals surface area contributed by atoms with Gasteiger partial charge in [-0.05, 0) is 55.0 Å². The molecule has 2 N–H and O–H groups in total. The Labute approximate surface area is 131 Å². The lowest BCUT2D eigenvalue weighted by atomic mass is 10.2. The molecular weight excluding hydrogens is 318 g/mol. The summed E-state index contributed by atoms with van der Waals surface area (Å²) in [5.41, 5.74) is 1.92. The molecule has 0 atom stereocenters. The SMILES string of the molecule is Cc1cc(NC(=S)Nc2cccc(Cl)c2F)ccc1Cl. The molecule has 0 radical (unpaired) electrons. The molecule has 2 aromatic carbocycles. The highest BCUT2D eigenvalue weighted by Gasteiger charge is 2.08. The summed E-state index contributed by atoms with van der Waals surface area (Å²) in [5.74, 6) is -0.536. The van der Waals surface area contributed by atoms with Gasteiger partial charge in [-0.25, -0.2) is 4.39 Å². The smallest absolute Gasteiger partial charge is 0.175 e. The maximum absolute atomic E-state index is 13.7. The van der Waals surface area contributed by atoms with Gasteiger partial charge in [0.15, 0.2) is 10.9 Å². The van der Waals surface area contributed by atoms with Gasteiger partial charge in [-0.15, -0.1) is 0 Å². The summed E-state index contributed by atoms with van der Waals surface area (Å²) >= 11 is 16.8. The van der Waals surface area contributed by atoms with Gasteiger partial charge in [0.1, 0.15) is 0 Å². The second kappa shape index (κ2) is 6.39. The number of thiocarbonyl (C=S) groups is 1. The van der Waals surface area contributed by atoms with Crippen molar-refractivity contribution in [1.29, 1.82) is 0 Å². The third-order valence-corrected chi connectivity index (χ3v) is 3.54. The maximum Gasteiger partial charge on any atom is 0.175 e. The van der Waals surface area contributed by atoms with Gasteiger partial charge in [-0.2, -0.15) is 0 Å². The predicted octanol–water partition coefficient (Wildman–Crippen LogP) is 5.25. The Kier molecular flexibility index (Phi) is 4.81. The molecule has 104 valence electrons. The van der Waals surface area contributed by atoms with E-state index in [0.717, 1.165) is 11.3 Å². The minimum atomic E-state index is -0.536. The molecule has 0 aromatic heterocycles. The third kappa shape index (κ3) is 3.60. The van der Waals surface area contributed by atoms with Crippen molar-refractivity contribution in [2.45, 2.75) is 6.92 Å². The molecule has 2 aromatic rings. The van der Waals surface area contributed by atoms with Crippen molar-refractivity contribution in [3.8, 4) is 0 Å². The van der Waals surface area contributed by atoms with E-state index in [0.29, 0.717) is 5.02 Å². The Bertz CT molecular complexity index is 662. The second-order valence-corrected chi connectivity index (χ2v) is 5.37. The summed E-state index contributed by atoms with van der Waals surface area (Å²) in [5, 5.41) is 6.71. The van der Waals surface area contributed by atoms with E-state index in [9.17, 15) is 4.39 Å². The van der Waals surface area contributed by atoms with Crippen molar-refractivity contribution in [3.63, 3.8) is 0 Å². The van der Waals surface area contributed by atoms with Crippen molar-refractivity contribution in [2.75, 3.05) is 10.6 Å². The summed E-state index contributed by atoms with van der Waals surface area (Å²) < 4.78 is 13.7. The van der Waals surface area contributed by atoms with Crippen LogP contribution >= 0.6 is 35.4 Å². The van der Waals surface area contributed by atoms with E-state index in [-0.39, 0.29) is 15.8 Å². The zero-order valence-corrected chi connectivity index (χ0v) is 12.8. The molecule has 0 saturated heterocycles. The van der Waals surface area contributed by atoms with Crippen LogP contribution in [0.2, 0.25) is 10.0 Å². The van der Waals surface area contributed by atoms with Gasteiger partial charge >= 0.3 is 0 Å². The fourth-order valence-electron chi connectivity index (χ4n) is 1.61. The number of hydrogen-bond acceptors (Lipinski definition) is 1. The number of aryl methyl sites for hydroxylation is 1. The van der Waals surface area contributed by atoms with Gasteiger partial charge in [0.25, 0.3) is 0 Å². The Morgan fingerprint density at radius 3 is 2.55 bits per heavy atom. The van der Waals surface area contributed by atoms with Crippen LogP contribution in [0.15, 0.2) is 36.4 Å². The highest BCUT2D eigenvalue weighted by Crippen LogP contribution is 2.23. The van der Waals surface area contributed by atoms with E-state index in [1.54, 1.807) is 24.3 Å². The van der Waals surface area contributed by atoms with Crippen molar-refractivity contribution in [1.82, 2.24) is 0 Å². The molecule has 0 aliphatic rings. The van der Waals surface area contributed by atoms with Crippen LogP contribution < -0.4 is 10.6 Å². The van der Waals surface area contributed by atoms with Gasteiger partial charge in [0, 0.05) is 10.7 Å². The summed E-state index contributed by atoms with van der Waals surface area (Å²) in [7, 11) is 0. The Balaban J connectivity index is 2.09. The van der Waals surface area contributed by atoms with Gasteiger partial charge in [-0.3, -0.25) is 0 Å². The van der Waals surface area contributed by atoms with Gasteiger partial charge in [-0.1, -0.05) is 29.3 Å². The molecule has 20 heavy (non-hydrogen) atoms. The predicted molar refractivity (Wildman–Crippen MR) is 87.4 cm³/mol. The lowest BCUT2D eigenvalue weighted by Gasteiger charge is -2.12. The molecule has 0 aliphatic carbocycles. The van der Waals surface area contributed by atoms with E-state index < -0.39 is 5.82 Å². The van der Waals surface area contributed by atoms with E-state index in [4.69, 9.17) is 35.4 Å². The minimum Gasteiger partial charge on any atom is -0.332 e. The fraction of sp³-hybridized carbons (Fsp3) is 0.0714. The molecule has 0 saturated carbocycles. The van der Waals surface area contributed by atoms with Crippen LogP contribution in [0.1, 0.15) is 5.56 Å². The summed E-state index contributed by atoms with van der Waals surface area (Å²) in [6, 6.07) is 10.1. The van der Waals surface area contributed by atoms with Crippen LogP contribution in [0.4, 0.5) is 15.8 Å². The molecule has 2 rings (SSSR count). The van der Waals surface area contributed by atoms with Crippen molar-refractivity contribution in [3.05, 3.63) is 57.8 Å². The number of nitrogens with one attached hydrogen (secondary N) is 2. The largest absolute Gasteiger partial charge is 0.332 e. The van der Waals surface area contributed by atoms with Crippen LogP contribution in [0.3, 0.4) is 0 Å². The van der Waals surface area contributed by atoms with Crippen molar-refractivity contribution in [2.24, 2.45) is 0 Å². The molecule has 0 amide bonds. The third-order valence-electron chi connectivity index (χ3n) is 2.62. The van der Waals surface area contributed by atoms with Crippen LogP contribution in [0.5, 0.6) is 0 Å². The summed E-state index contributed by atoms with van der Waals surface area (Å²) in [6.45, 7) is 1.89. The van der Waals surface area contributed by atoms with E-state index in [2.05, 4.69) is 10.6 Å². The summed E-state index contributed by atoms with van der Waals surface area (Å²) in [6.07, 6.45) is 0. The first-order valence-electron chi connectivity index (χ1n) is 5.75. The Hall–Kier alpha value is -1.36. The number of hydrogen-bond donors (Lipinski definition) is 2. The molecule has 0 heterocycles. The van der Waals surface area contributed by atoms with Crippen molar-refractivity contribution >= 4 is 51.9 Å². The average Bonchev–Trinajstić information content (AvgIpc) is 2.39. The first-order valence-corrected chi connectivity index (χ1v) is 6.92. The summed E-state index contributed by atoms with van der Waals surface area (Å²) in [4.78, 5) is 0. The van der Waals surface area contributed by atoms with Crippen LogP contribution in [0, 0.1) is 12.7 Å². The quantitative estimate of drug-likeness (QED) is 0.736. The topological polar surface area (TPSA) is 24.1 Å². The minimum absolute atomic E-state index is 0.0418. The highest BCUT2D eigenvalue weighted by atomic mass is 35.5. The molecule has 0 bridgehead atoms. The molecule has 6 heteroatoms. The molecule has 0 unspecified atom stereocenters. The normalized spacial score (nSPS) is 10.2. The fourth-order valence-corrected chi connectivity index (χ4v) is 2.13. The molecular formula is C14H11Cl2FN2S. The Morgan fingerprint density at radius 2 is 1.85 bits per heavy atom. The van der Waals surface area contributed by atoms with Crippen molar-refractivity contribution < 1.29 is 4.39 Å². The van der Waals surface area contributed by atoms with Gasteiger partial charge in [0.2, 0.25) is 0 Å². The average molecular weight is 329 g/mol. The zero-order chi connectivity index (χ0) is 14.7. The van der Waals surface area contributed by atoms with Crippen LogP contribution in [-0.2, 0) is 0 Å². The van der Waals surface area contributed by atoms with Gasteiger partial charge in [0.05, 0.1) is 10.7 Å². The maximum atomic E-state index is 13.7. The van der Waals surface area contributed by atoms with Crippen LogP contribution in [-0.4, -0.2) is 5.11 Å². The molecule has 0 aliphatic heterocycles. The molecule has 2 nitrogen and oxygen atoms in total. The van der Waals surface area contributed by atoms with Gasteiger partial charge < -0.3 is 10.6 Å². The monoisotopic (exact) mass is 328 g/mol. The van der Waals surface area contributed by atoms with E-state index >= 15 is 0 Å². The number of anilines is 2. The Morgan fingerprint density at radius 1 is 1.10 bits per heavy atom. The first kappa shape index (κ1) is 15.0. The second-order valence-electron chi connectivity index (χ2n) is 4.14. The number of benzene rings is 2. The molecule has 0 fully saturated rings. The lowest BCUT2D eigenvalue weighted by Crippen LogP contribution is -2.19. The number of halogens is 3. The number of rotatable bonds is 2. The first-order chi connectivity index (χ1) is 9.47. The highest BCUT2D eigenvalue weighted by molar-refractivity contribution is 7.80. The van der Waals surface area contributed by atoms with Crippen LogP contribution in [0.25, 0.3) is 0 Å². The lowest BCUT2D eigenvalue weighted by molar-refractivity contribution is 0.632. The van der Waals surface area contributed by atoms with E-state index in [1.807, 2.05) is 13.0 Å². The zero-order valence-electron chi connectivity index (χ0n) is 10.5.